The second-order valence-electron chi connectivity index (χ2n) is 6.58. The highest BCUT2D eigenvalue weighted by atomic mass is 16.2. The molecule has 0 aliphatic carbocycles. The summed E-state index contributed by atoms with van der Waals surface area (Å²) in [6.07, 6.45) is 2.85. The lowest BCUT2D eigenvalue weighted by molar-refractivity contribution is 0.276. The molecule has 0 amide bonds. The van der Waals surface area contributed by atoms with Crippen LogP contribution in [0.3, 0.4) is 0 Å². The molecule has 3 heteroatoms. The van der Waals surface area contributed by atoms with Gasteiger partial charge < -0.3 is 15.0 Å². The summed E-state index contributed by atoms with van der Waals surface area (Å²) < 4.78 is 2.39. The molecule has 0 saturated carbocycles. The maximum atomic E-state index is 9.12. The second kappa shape index (κ2) is 5.43. The zero-order valence-electron chi connectivity index (χ0n) is 13.4. The monoisotopic (exact) mass is 306 g/mol. The van der Waals surface area contributed by atoms with Gasteiger partial charge >= 0.3 is 0 Å². The molecule has 0 saturated heterocycles. The molecule has 1 unspecified atom stereocenters. The first-order chi connectivity index (χ1) is 11.2. The number of aliphatic hydroxyl groups excluding tert-OH is 1. The molecule has 3 nitrogen and oxygen atoms in total. The number of anilines is 1. The fraction of sp³-hybridized carbons (Fsp3) is 0.300. The fourth-order valence-corrected chi connectivity index (χ4v) is 3.74. The second-order valence-corrected chi connectivity index (χ2v) is 6.58. The van der Waals surface area contributed by atoms with Crippen molar-refractivity contribution in [2.75, 3.05) is 11.9 Å². The first kappa shape index (κ1) is 14.3. The van der Waals surface area contributed by atoms with Crippen LogP contribution in [0.2, 0.25) is 0 Å². The van der Waals surface area contributed by atoms with Gasteiger partial charge in [-0.25, -0.2) is 0 Å². The maximum Gasteiger partial charge on any atom is 0.0752 e. The molecule has 1 aromatic heterocycles. The van der Waals surface area contributed by atoms with Crippen LogP contribution in [0, 0.1) is 0 Å². The smallest absolute Gasteiger partial charge is 0.0752 e. The van der Waals surface area contributed by atoms with Gasteiger partial charge in [0.2, 0.25) is 0 Å². The van der Waals surface area contributed by atoms with E-state index in [0.717, 1.165) is 19.3 Å². The minimum Gasteiger partial charge on any atom is -0.396 e. The fourth-order valence-electron chi connectivity index (χ4n) is 3.74. The number of aliphatic hydroxyl groups is 1. The quantitative estimate of drug-likeness (QED) is 0.700. The number of benzene rings is 2. The van der Waals surface area contributed by atoms with Gasteiger partial charge in [-0.05, 0) is 50.5 Å². The SMILES string of the molecule is CC1(CCCCO)Nc2ccccc2-n2c1cc1ccccc12. The molecule has 2 heterocycles. The Morgan fingerprint density at radius 2 is 1.83 bits per heavy atom. The molecule has 0 spiro atoms. The van der Waals surface area contributed by atoms with Crippen LogP contribution in [-0.2, 0) is 5.54 Å². The Hall–Kier alpha value is -2.26. The molecule has 4 rings (SSSR count). The van der Waals surface area contributed by atoms with E-state index in [-0.39, 0.29) is 12.1 Å². The van der Waals surface area contributed by atoms with Crippen molar-refractivity contribution in [1.82, 2.24) is 4.57 Å². The topological polar surface area (TPSA) is 37.2 Å². The minimum atomic E-state index is -0.122. The lowest BCUT2D eigenvalue weighted by atomic mass is 9.88. The number of para-hydroxylation sites is 3. The van der Waals surface area contributed by atoms with E-state index in [9.17, 15) is 0 Å². The average Bonchev–Trinajstić information content (AvgIpc) is 2.96. The third kappa shape index (κ3) is 2.23. The van der Waals surface area contributed by atoms with Gasteiger partial charge in [0.1, 0.15) is 0 Å². The van der Waals surface area contributed by atoms with Gasteiger partial charge in [0.05, 0.1) is 22.4 Å². The standard InChI is InChI=1S/C20H22N2O/c1-20(12-6-7-13-23)19-14-15-8-2-4-10-17(15)22(19)18-11-5-3-9-16(18)21-20/h2-5,8-11,14,21,23H,6-7,12-13H2,1H3. The van der Waals surface area contributed by atoms with E-state index in [1.54, 1.807) is 0 Å². The summed E-state index contributed by atoms with van der Waals surface area (Å²) in [5.41, 5.74) is 4.82. The molecule has 0 bridgehead atoms. The van der Waals surface area contributed by atoms with Crippen LogP contribution in [0.5, 0.6) is 0 Å². The summed E-state index contributed by atoms with van der Waals surface area (Å²) in [4.78, 5) is 0. The van der Waals surface area contributed by atoms with Crippen molar-refractivity contribution in [1.29, 1.82) is 0 Å². The number of fused-ring (bicyclic) bond motifs is 5. The lowest BCUT2D eigenvalue weighted by Crippen LogP contribution is -2.37. The molecule has 0 fully saturated rings. The van der Waals surface area contributed by atoms with Crippen molar-refractivity contribution in [2.45, 2.75) is 31.7 Å². The van der Waals surface area contributed by atoms with Crippen molar-refractivity contribution in [3.8, 4) is 5.69 Å². The first-order valence-electron chi connectivity index (χ1n) is 8.32. The lowest BCUT2D eigenvalue weighted by Gasteiger charge is -2.38. The van der Waals surface area contributed by atoms with Crippen molar-refractivity contribution in [2.24, 2.45) is 0 Å². The highest BCUT2D eigenvalue weighted by molar-refractivity contribution is 5.86. The number of hydrogen-bond donors (Lipinski definition) is 2. The van der Waals surface area contributed by atoms with E-state index in [1.165, 1.54) is 28.0 Å². The van der Waals surface area contributed by atoms with Gasteiger partial charge in [0.25, 0.3) is 0 Å². The van der Waals surface area contributed by atoms with Gasteiger partial charge in [-0.2, -0.15) is 0 Å². The highest BCUT2D eigenvalue weighted by Gasteiger charge is 2.35. The van der Waals surface area contributed by atoms with E-state index in [2.05, 4.69) is 71.4 Å². The summed E-state index contributed by atoms with van der Waals surface area (Å²) in [7, 11) is 0. The van der Waals surface area contributed by atoms with Crippen LogP contribution >= 0.6 is 0 Å². The van der Waals surface area contributed by atoms with Crippen molar-refractivity contribution < 1.29 is 5.11 Å². The van der Waals surface area contributed by atoms with Gasteiger partial charge in [0.15, 0.2) is 0 Å². The van der Waals surface area contributed by atoms with Crippen LogP contribution in [0.25, 0.3) is 16.6 Å². The number of hydrogen-bond acceptors (Lipinski definition) is 2. The third-order valence-electron chi connectivity index (χ3n) is 4.92. The molecule has 2 aromatic carbocycles. The summed E-state index contributed by atoms with van der Waals surface area (Å²) in [5.74, 6) is 0. The Balaban J connectivity index is 1.92. The number of nitrogens with zero attached hydrogens (tertiary/aromatic N) is 1. The van der Waals surface area contributed by atoms with E-state index < -0.39 is 0 Å². The van der Waals surface area contributed by atoms with E-state index in [0.29, 0.717) is 0 Å². The molecule has 118 valence electrons. The largest absolute Gasteiger partial charge is 0.396 e. The van der Waals surface area contributed by atoms with Crippen molar-refractivity contribution >= 4 is 16.6 Å². The Morgan fingerprint density at radius 1 is 1.04 bits per heavy atom. The van der Waals surface area contributed by atoms with Crippen LogP contribution in [0.4, 0.5) is 5.69 Å². The number of unbranched alkanes of at least 4 members (excludes halogenated alkanes) is 1. The average molecular weight is 306 g/mol. The molecular weight excluding hydrogens is 284 g/mol. The Kier molecular flexibility index (Phi) is 3.38. The number of nitrogens with one attached hydrogen (secondary N) is 1. The van der Waals surface area contributed by atoms with Crippen LogP contribution in [0.15, 0.2) is 54.6 Å². The van der Waals surface area contributed by atoms with Crippen LogP contribution < -0.4 is 5.32 Å². The zero-order chi connectivity index (χ0) is 15.9. The van der Waals surface area contributed by atoms with Crippen molar-refractivity contribution in [3.63, 3.8) is 0 Å². The Morgan fingerprint density at radius 3 is 2.70 bits per heavy atom. The highest BCUT2D eigenvalue weighted by Crippen LogP contribution is 2.42. The summed E-state index contributed by atoms with van der Waals surface area (Å²) >= 11 is 0. The molecule has 2 N–H and O–H groups in total. The molecule has 1 atom stereocenters. The molecule has 1 aliphatic heterocycles. The van der Waals surface area contributed by atoms with Gasteiger partial charge in [0, 0.05) is 17.7 Å². The number of rotatable bonds is 4. The minimum absolute atomic E-state index is 0.122. The van der Waals surface area contributed by atoms with Crippen LogP contribution in [-0.4, -0.2) is 16.3 Å². The van der Waals surface area contributed by atoms with E-state index >= 15 is 0 Å². The van der Waals surface area contributed by atoms with E-state index in [4.69, 9.17) is 5.11 Å². The van der Waals surface area contributed by atoms with Gasteiger partial charge in [-0.3, -0.25) is 0 Å². The molecule has 23 heavy (non-hydrogen) atoms. The predicted octanol–water partition coefficient (Wildman–Crippen LogP) is 4.43. The summed E-state index contributed by atoms with van der Waals surface area (Å²) in [6.45, 7) is 2.53. The number of aromatic nitrogens is 1. The van der Waals surface area contributed by atoms with Crippen LogP contribution in [0.1, 0.15) is 31.9 Å². The normalized spacial score (nSPS) is 19.2. The van der Waals surface area contributed by atoms with Gasteiger partial charge in [-0.15, -0.1) is 0 Å². The predicted molar refractivity (Wildman–Crippen MR) is 95.2 cm³/mol. The van der Waals surface area contributed by atoms with Crippen molar-refractivity contribution in [3.05, 3.63) is 60.3 Å². The van der Waals surface area contributed by atoms with E-state index in [1.807, 2.05) is 0 Å². The maximum absolute atomic E-state index is 9.12. The summed E-state index contributed by atoms with van der Waals surface area (Å²) in [5, 5.41) is 14.1. The third-order valence-corrected chi connectivity index (χ3v) is 4.92. The Bertz CT molecular complexity index is 852. The molecule has 1 aliphatic rings. The van der Waals surface area contributed by atoms with Gasteiger partial charge in [-0.1, -0.05) is 30.3 Å². The molecule has 3 aromatic rings. The Labute approximate surface area is 136 Å². The summed E-state index contributed by atoms with van der Waals surface area (Å²) in [6, 6.07) is 19.4. The molecular formula is C20H22N2O. The first-order valence-corrected chi connectivity index (χ1v) is 8.32. The molecule has 0 radical (unpaired) electrons. The zero-order valence-corrected chi connectivity index (χ0v) is 13.4.